The molecule has 168 valence electrons. The van der Waals surface area contributed by atoms with Crippen LogP contribution in [0.4, 0.5) is 0 Å². The van der Waals surface area contributed by atoms with Gasteiger partial charge in [-0.15, -0.1) is 0 Å². The number of hydrogen-bond acceptors (Lipinski definition) is 8. The van der Waals surface area contributed by atoms with E-state index in [0.717, 1.165) is 0 Å². The second-order valence-corrected chi connectivity index (χ2v) is 6.45. The minimum atomic E-state index is -0.741. The van der Waals surface area contributed by atoms with Gasteiger partial charge in [-0.3, -0.25) is 0 Å². The van der Waals surface area contributed by atoms with Gasteiger partial charge in [-0.25, -0.2) is 14.3 Å². The Labute approximate surface area is 185 Å². The molecule has 3 aromatic rings. The van der Waals surface area contributed by atoms with Crippen LogP contribution >= 0.6 is 0 Å². The highest BCUT2D eigenvalue weighted by Crippen LogP contribution is 2.42. The van der Waals surface area contributed by atoms with E-state index in [-0.39, 0.29) is 17.0 Å². The SMILES string of the molecule is CCOc1c(OC)cc(-c2nn(-c3ccccc3)c(C(=O)OC)c2C(=O)OC)cc1OC. The van der Waals surface area contributed by atoms with Crippen LogP contribution in [0.2, 0.25) is 0 Å². The normalized spacial score (nSPS) is 10.4. The highest BCUT2D eigenvalue weighted by Gasteiger charge is 2.32. The Kier molecular flexibility index (Phi) is 6.99. The number of benzene rings is 2. The molecule has 3 rings (SSSR count). The lowest BCUT2D eigenvalue weighted by Gasteiger charge is -2.15. The van der Waals surface area contributed by atoms with Crippen molar-refractivity contribution >= 4 is 11.9 Å². The van der Waals surface area contributed by atoms with Crippen molar-refractivity contribution in [2.75, 3.05) is 35.0 Å². The number of methoxy groups -OCH3 is 4. The first-order valence-corrected chi connectivity index (χ1v) is 9.74. The van der Waals surface area contributed by atoms with E-state index in [9.17, 15) is 9.59 Å². The van der Waals surface area contributed by atoms with Gasteiger partial charge in [0, 0.05) is 5.56 Å². The van der Waals surface area contributed by atoms with Crippen LogP contribution in [0, 0.1) is 0 Å². The standard InChI is InChI=1S/C23H24N2O7/c1-6-32-21-16(28-2)12-14(13-17(21)29-3)19-18(22(26)30-4)20(23(27)31-5)25(24-19)15-10-8-7-9-11-15/h7-13H,6H2,1-5H3. The average molecular weight is 440 g/mol. The Hall–Kier alpha value is -4.01. The monoisotopic (exact) mass is 440 g/mol. The third-order valence-corrected chi connectivity index (χ3v) is 4.68. The number of carbonyl (C=O) groups is 2. The van der Waals surface area contributed by atoms with E-state index in [1.54, 1.807) is 36.4 Å². The van der Waals surface area contributed by atoms with Gasteiger partial charge < -0.3 is 23.7 Å². The second-order valence-electron chi connectivity index (χ2n) is 6.45. The van der Waals surface area contributed by atoms with Crippen molar-refractivity contribution in [3.05, 3.63) is 53.7 Å². The third-order valence-electron chi connectivity index (χ3n) is 4.68. The molecule has 0 aliphatic rings. The predicted molar refractivity (Wildman–Crippen MR) is 116 cm³/mol. The average Bonchev–Trinajstić information content (AvgIpc) is 3.24. The zero-order valence-electron chi connectivity index (χ0n) is 18.5. The molecule has 0 amide bonds. The zero-order chi connectivity index (χ0) is 23.3. The van der Waals surface area contributed by atoms with Crippen LogP contribution < -0.4 is 14.2 Å². The van der Waals surface area contributed by atoms with Gasteiger partial charge in [0.1, 0.15) is 11.3 Å². The number of nitrogens with zero attached hydrogens (tertiary/aromatic N) is 2. The summed E-state index contributed by atoms with van der Waals surface area (Å²) < 4.78 is 27.9. The van der Waals surface area contributed by atoms with Crippen molar-refractivity contribution in [3.63, 3.8) is 0 Å². The van der Waals surface area contributed by atoms with Crippen LogP contribution in [0.3, 0.4) is 0 Å². The van der Waals surface area contributed by atoms with Crippen LogP contribution in [0.1, 0.15) is 27.8 Å². The number of esters is 2. The quantitative estimate of drug-likeness (QED) is 0.491. The van der Waals surface area contributed by atoms with Gasteiger partial charge in [-0.05, 0) is 31.2 Å². The predicted octanol–water partition coefficient (Wildman–Crippen LogP) is 3.53. The molecule has 0 spiro atoms. The number of rotatable bonds is 8. The Morgan fingerprint density at radius 3 is 2.00 bits per heavy atom. The van der Waals surface area contributed by atoms with Crippen molar-refractivity contribution in [2.24, 2.45) is 0 Å². The van der Waals surface area contributed by atoms with Gasteiger partial charge in [0.25, 0.3) is 0 Å². The first-order chi connectivity index (χ1) is 15.5. The minimum absolute atomic E-state index is 0.0449. The summed E-state index contributed by atoms with van der Waals surface area (Å²) >= 11 is 0. The van der Waals surface area contributed by atoms with Crippen LogP contribution in [0.25, 0.3) is 16.9 Å². The van der Waals surface area contributed by atoms with E-state index >= 15 is 0 Å². The van der Waals surface area contributed by atoms with E-state index in [0.29, 0.717) is 35.1 Å². The summed E-state index contributed by atoms with van der Waals surface area (Å²) in [6.45, 7) is 2.24. The van der Waals surface area contributed by atoms with E-state index in [1.165, 1.54) is 33.1 Å². The first kappa shape index (κ1) is 22.7. The Morgan fingerprint density at radius 2 is 1.50 bits per heavy atom. The van der Waals surface area contributed by atoms with Crippen molar-refractivity contribution in [1.82, 2.24) is 9.78 Å². The number of para-hydroxylation sites is 1. The molecule has 0 aliphatic carbocycles. The van der Waals surface area contributed by atoms with Crippen LogP contribution in [-0.2, 0) is 9.47 Å². The molecule has 0 radical (unpaired) electrons. The molecule has 0 bridgehead atoms. The van der Waals surface area contributed by atoms with Gasteiger partial charge in [0.05, 0.1) is 40.7 Å². The maximum atomic E-state index is 12.8. The molecule has 0 atom stereocenters. The Balaban J connectivity index is 2.37. The molecular weight excluding hydrogens is 416 g/mol. The van der Waals surface area contributed by atoms with Crippen LogP contribution in [-0.4, -0.2) is 56.8 Å². The summed E-state index contributed by atoms with van der Waals surface area (Å²) in [5.41, 5.74) is 1.11. The molecule has 1 heterocycles. The van der Waals surface area contributed by atoms with Crippen LogP contribution in [0.5, 0.6) is 17.2 Å². The van der Waals surface area contributed by atoms with Gasteiger partial charge in [0.15, 0.2) is 17.2 Å². The summed E-state index contributed by atoms with van der Waals surface area (Å²) in [5, 5.41) is 4.58. The van der Waals surface area contributed by atoms with Crippen molar-refractivity contribution in [1.29, 1.82) is 0 Å². The molecular formula is C23H24N2O7. The fraction of sp³-hybridized carbons (Fsp3) is 0.261. The van der Waals surface area contributed by atoms with Gasteiger partial charge >= 0.3 is 11.9 Å². The number of aromatic nitrogens is 2. The Bertz CT molecular complexity index is 1100. The van der Waals surface area contributed by atoms with E-state index < -0.39 is 11.9 Å². The first-order valence-electron chi connectivity index (χ1n) is 9.74. The smallest absolute Gasteiger partial charge is 0.357 e. The van der Waals surface area contributed by atoms with Crippen LogP contribution in [0.15, 0.2) is 42.5 Å². The topological polar surface area (TPSA) is 98.1 Å². The highest BCUT2D eigenvalue weighted by atomic mass is 16.5. The number of hydrogen-bond donors (Lipinski definition) is 0. The molecule has 2 aromatic carbocycles. The van der Waals surface area contributed by atoms with Crippen molar-refractivity contribution < 1.29 is 33.3 Å². The van der Waals surface area contributed by atoms with Crippen molar-refractivity contribution in [2.45, 2.75) is 6.92 Å². The fourth-order valence-corrected chi connectivity index (χ4v) is 3.26. The fourth-order valence-electron chi connectivity index (χ4n) is 3.26. The molecule has 32 heavy (non-hydrogen) atoms. The molecule has 1 aromatic heterocycles. The number of carbonyl (C=O) groups excluding carboxylic acids is 2. The molecule has 0 N–H and O–H groups in total. The zero-order valence-corrected chi connectivity index (χ0v) is 18.5. The van der Waals surface area contributed by atoms with E-state index in [1.807, 2.05) is 13.0 Å². The molecule has 9 nitrogen and oxygen atoms in total. The Morgan fingerprint density at radius 1 is 0.906 bits per heavy atom. The van der Waals surface area contributed by atoms with Gasteiger partial charge in [0.2, 0.25) is 5.75 Å². The summed E-state index contributed by atoms with van der Waals surface area (Å²) in [6.07, 6.45) is 0. The minimum Gasteiger partial charge on any atom is -0.493 e. The lowest BCUT2D eigenvalue weighted by molar-refractivity contribution is 0.0549. The third kappa shape index (κ3) is 4.09. The number of ether oxygens (including phenoxy) is 5. The maximum Gasteiger partial charge on any atom is 0.357 e. The van der Waals surface area contributed by atoms with Gasteiger partial charge in [-0.2, -0.15) is 5.10 Å². The molecule has 9 heteroatoms. The molecule has 0 saturated heterocycles. The lowest BCUT2D eigenvalue weighted by Crippen LogP contribution is -2.15. The highest BCUT2D eigenvalue weighted by molar-refractivity contribution is 6.07. The summed E-state index contributed by atoms with van der Waals surface area (Å²) in [6, 6.07) is 12.2. The largest absolute Gasteiger partial charge is 0.493 e. The molecule has 0 unspecified atom stereocenters. The molecule has 0 aliphatic heterocycles. The molecule has 0 fully saturated rings. The van der Waals surface area contributed by atoms with Crippen molar-refractivity contribution in [3.8, 4) is 34.2 Å². The second kappa shape index (κ2) is 9.86. The molecule has 0 saturated carbocycles. The lowest BCUT2D eigenvalue weighted by atomic mass is 10.0. The summed E-state index contributed by atoms with van der Waals surface area (Å²) in [4.78, 5) is 25.5. The van der Waals surface area contributed by atoms with E-state index in [2.05, 4.69) is 5.10 Å². The summed E-state index contributed by atoms with van der Waals surface area (Å²) in [5.74, 6) is -0.305. The van der Waals surface area contributed by atoms with Gasteiger partial charge in [-0.1, -0.05) is 18.2 Å². The maximum absolute atomic E-state index is 12.8. The van der Waals surface area contributed by atoms with E-state index in [4.69, 9.17) is 23.7 Å². The summed E-state index contributed by atoms with van der Waals surface area (Å²) in [7, 11) is 5.44.